The molecule has 4 aliphatic rings. The fourth-order valence-corrected chi connectivity index (χ4v) is 8.72. The van der Waals surface area contributed by atoms with E-state index in [1.54, 1.807) is 11.8 Å². The first-order chi connectivity index (χ1) is 15.0. The Hall–Kier alpha value is -1.25. The van der Waals surface area contributed by atoms with Crippen LogP contribution in [0.15, 0.2) is 5.16 Å². The maximum Gasteiger partial charge on any atom is 0.471 e. The van der Waals surface area contributed by atoms with Gasteiger partial charge in [-0.15, -0.1) is 0 Å². The highest BCUT2D eigenvalue weighted by Crippen LogP contribution is 2.65. The number of thioether (sulfide) groups is 1. The molecule has 0 aliphatic heterocycles. The van der Waals surface area contributed by atoms with Crippen molar-refractivity contribution in [1.82, 2.24) is 5.32 Å². The smallest absolute Gasteiger partial charge is 0.411 e. The van der Waals surface area contributed by atoms with Gasteiger partial charge in [0.05, 0.1) is 5.71 Å². The van der Waals surface area contributed by atoms with Crippen molar-refractivity contribution in [3.05, 3.63) is 0 Å². The van der Waals surface area contributed by atoms with Crippen LogP contribution in [0.5, 0.6) is 0 Å². The SMILES string of the molecule is C[C@]12CC[C@@H](SCCNC(=O)C(F)(F)F)CC1/C(=N/O)C[C@@H]1[C@@H]2CC[C@]2(C)C(=O)CC[C@@H]12. The summed E-state index contributed by atoms with van der Waals surface area (Å²) in [6, 6.07) is 0. The van der Waals surface area contributed by atoms with Crippen molar-refractivity contribution in [2.24, 2.45) is 39.7 Å². The van der Waals surface area contributed by atoms with Crippen LogP contribution in [-0.2, 0) is 9.59 Å². The molecule has 4 rings (SSSR count). The molecule has 32 heavy (non-hydrogen) atoms. The van der Waals surface area contributed by atoms with Gasteiger partial charge in [0, 0.05) is 35.3 Å². The normalized spacial score (nSPS) is 42.8. The average molecular weight is 475 g/mol. The summed E-state index contributed by atoms with van der Waals surface area (Å²) < 4.78 is 37.0. The second-order valence-electron chi connectivity index (χ2n) is 10.7. The van der Waals surface area contributed by atoms with Crippen LogP contribution in [0.25, 0.3) is 0 Å². The molecule has 0 bridgehead atoms. The van der Waals surface area contributed by atoms with Crippen molar-refractivity contribution in [2.75, 3.05) is 12.3 Å². The molecule has 2 N–H and O–H groups in total. The quantitative estimate of drug-likeness (QED) is 0.348. The van der Waals surface area contributed by atoms with Gasteiger partial charge in [-0.1, -0.05) is 19.0 Å². The fourth-order valence-electron chi connectivity index (χ4n) is 7.55. The Bertz CT molecular complexity index is 804. The molecule has 0 aromatic heterocycles. The Kier molecular flexibility index (Phi) is 6.36. The van der Waals surface area contributed by atoms with Crippen LogP contribution in [0, 0.1) is 34.5 Å². The largest absolute Gasteiger partial charge is 0.471 e. The predicted octanol–water partition coefficient (Wildman–Crippen LogP) is 4.82. The molecule has 7 atom stereocenters. The summed E-state index contributed by atoms with van der Waals surface area (Å²) in [7, 11) is 0. The van der Waals surface area contributed by atoms with E-state index in [1.165, 1.54) is 0 Å². The number of amides is 1. The Morgan fingerprint density at radius 2 is 1.97 bits per heavy atom. The van der Waals surface area contributed by atoms with Gasteiger partial charge in [-0.3, -0.25) is 9.59 Å². The zero-order chi connectivity index (χ0) is 23.3. The first-order valence-corrected chi connectivity index (χ1v) is 12.8. The minimum Gasteiger partial charge on any atom is -0.411 e. The number of oxime groups is 1. The third-order valence-electron chi connectivity index (χ3n) is 9.27. The maximum atomic E-state index is 12.6. The lowest BCUT2D eigenvalue weighted by atomic mass is 9.45. The number of hydrogen-bond acceptors (Lipinski definition) is 5. The summed E-state index contributed by atoms with van der Waals surface area (Å²) in [5.74, 6) is 0.355. The molecule has 4 aliphatic carbocycles. The van der Waals surface area contributed by atoms with E-state index in [9.17, 15) is 28.0 Å². The summed E-state index contributed by atoms with van der Waals surface area (Å²) in [5.41, 5.74) is 0.644. The molecule has 180 valence electrons. The summed E-state index contributed by atoms with van der Waals surface area (Å²) in [6.07, 6.45) is 2.29. The average Bonchev–Trinajstić information content (AvgIpc) is 3.04. The summed E-state index contributed by atoms with van der Waals surface area (Å²) in [6.45, 7) is 4.45. The number of Topliss-reactive ketones (excluding diaryl/α,β-unsaturated/α-hetero) is 1. The fraction of sp³-hybridized carbons (Fsp3) is 0.870. The molecule has 0 aromatic rings. The first-order valence-electron chi connectivity index (χ1n) is 11.7. The van der Waals surface area contributed by atoms with Crippen molar-refractivity contribution >= 4 is 29.2 Å². The van der Waals surface area contributed by atoms with Gasteiger partial charge < -0.3 is 10.5 Å². The molecule has 0 radical (unpaired) electrons. The number of ketones is 1. The van der Waals surface area contributed by atoms with E-state index in [4.69, 9.17) is 0 Å². The Labute approximate surface area is 191 Å². The molecule has 1 unspecified atom stereocenters. The van der Waals surface area contributed by atoms with Crippen molar-refractivity contribution in [3.63, 3.8) is 0 Å². The van der Waals surface area contributed by atoms with E-state index in [-0.39, 0.29) is 28.5 Å². The lowest BCUT2D eigenvalue weighted by molar-refractivity contribution is -0.173. The minimum atomic E-state index is -4.84. The third-order valence-corrected chi connectivity index (χ3v) is 10.6. The van der Waals surface area contributed by atoms with Crippen LogP contribution in [-0.4, -0.2) is 46.3 Å². The van der Waals surface area contributed by atoms with E-state index in [0.717, 1.165) is 50.7 Å². The number of nitrogens with zero attached hydrogens (tertiary/aromatic N) is 1. The first kappa shape index (κ1) is 23.9. The van der Waals surface area contributed by atoms with Crippen LogP contribution in [0.3, 0.4) is 0 Å². The molecule has 1 amide bonds. The molecule has 5 nitrogen and oxygen atoms in total. The van der Waals surface area contributed by atoms with Crippen molar-refractivity contribution in [1.29, 1.82) is 0 Å². The number of carbonyl (C=O) groups excluding carboxylic acids is 2. The van der Waals surface area contributed by atoms with Crippen LogP contribution in [0.2, 0.25) is 0 Å². The number of halogens is 3. The number of rotatable bonds is 4. The summed E-state index contributed by atoms with van der Waals surface area (Å²) in [4.78, 5) is 23.6. The highest BCUT2D eigenvalue weighted by Gasteiger charge is 2.61. The van der Waals surface area contributed by atoms with Crippen molar-refractivity contribution in [3.8, 4) is 0 Å². The highest BCUT2D eigenvalue weighted by atomic mass is 32.2. The van der Waals surface area contributed by atoms with Gasteiger partial charge >= 0.3 is 12.1 Å². The van der Waals surface area contributed by atoms with E-state index in [0.29, 0.717) is 35.7 Å². The van der Waals surface area contributed by atoms with Gasteiger partial charge in [0.15, 0.2) is 0 Å². The number of carbonyl (C=O) groups is 2. The summed E-state index contributed by atoms with van der Waals surface area (Å²) >= 11 is 1.60. The maximum absolute atomic E-state index is 12.6. The van der Waals surface area contributed by atoms with Gasteiger partial charge in [-0.05, 0) is 68.1 Å². The molecule has 0 heterocycles. The van der Waals surface area contributed by atoms with Gasteiger partial charge in [0.2, 0.25) is 0 Å². The third kappa shape index (κ3) is 3.96. The number of hydrogen-bond donors (Lipinski definition) is 2. The molecule has 0 spiro atoms. The second-order valence-corrected chi connectivity index (χ2v) is 12.1. The van der Waals surface area contributed by atoms with Crippen LogP contribution < -0.4 is 5.32 Å². The molecular formula is C23H33F3N2O3S. The van der Waals surface area contributed by atoms with E-state index in [1.807, 2.05) is 5.32 Å². The van der Waals surface area contributed by atoms with Crippen LogP contribution >= 0.6 is 11.8 Å². The number of nitrogens with one attached hydrogen (secondary N) is 1. The summed E-state index contributed by atoms with van der Waals surface area (Å²) in [5, 5.41) is 15.8. The molecular weight excluding hydrogens is 441 g/mol. The predicted molar refractivity (Wildman–Crippen MR) is 117 cm³/mol. The van der Waals surface area contributed by atoms with Crippen molar-refractivity contribution < 1.29 is 28.0 Å². The van der Waals surface area contributed by atoms with Gasteiger partial charge in [0.25, 0.3) is 0 Å². The Morgan fingerprint density at radius 3 is 2.66 bits per heavy atom. The zero-order valence-electron chi connectivity index (χ0n) is 18.7. The number of alkyl halides is 3. The lowest BCUT2D eigenvalue weighted by Crippen LogP contribution is -2.57. The van der Waals surface area contributed by atoms with Crippen molar-refractivity contribution in [2.45, 2.75) is 76.6 Å². The van der Waals surface area contributed by atoms with E-state index >= 15 is 0 Å². The van der Waals surface area contributed by atoms with E-state index < -0.39 is 12.1 Å². The zero-order valence-corrected chi connectivity index (χ0v) is 19.5. The van der Waals surface area contributed by atoms with Crippen LogP contribution in [0.1, 0.15) is 65.2 Å². The second kappa shape index (κ2) is 8.51. The minimum absolute atomic E-state index is 0.0125. The number of fused-ring (bicyclic) bond motifs is 5. The van der Waals surface area contributed by atoms with Gasteiger partial charge in [-0.25, -0.2) is 0 Å². The molecule has 0 aromatic carbocycles. The molecule has 4 fully saturated rings. The Morgan fingerprint density at radius 1 is 1.22 bits per heavy atom. The standard InChI is InChI=1S/C23H33F3N2O3S/c1-21-7-5-13(32-10-9-27-20(30)23(24,25)26)11-17(21)18(28-31)12-14-15-3-4-19(29)22(15,2)8-6-16(14)21/h13-17,31H,3-12H2,1-2H3,(H,27,30)/b28-18+/t13-,14+,15+,16+,17?,21-,22+/m1/s1. The lowest BCUT2D eigenvalue weighted by Gasteiger charge is -2.60. The monoisotopic (exact) mass is 474 g/mol. The highest BCUT2D eigenvalue weighted by molar-refractivity contribution is 7.99. The Balaban J connectivity index is 1.41. The molecule has 0 saturated heterocycles. The topological polar surface area (TPSA) is 78.8 Å². The van der Waals surface area contributed by atoms with E-state index in [2.05, 4.69) is 19.0 Å². The van der Waals surface area contributed by atoms with Crippen LogP contribution in [0.4, 0.5) is 13.2 Å². The van der Waals surface area contributed by atoms with Gasteiger partial charge in [0.1, 0.15) is 5.78 Å². The molecule has 4 saturated carbocycles. The van der Waals surface area contributed by atoms with Gasteiger partial charge in [-0.2, -0.15) is 24.9 Å². The molecule has 9 heteroatoms.